The van der Waals surface area contributed by atoms with E-state index in [4.69, 9.17) is 5.73 Å². The molecule has 0 spiro atoms. The molecule has 0 aromatic heterocycles. The van der Waals surface area contributed by atoms with Gasteiger partial charge in [0.1, 0.15) is 0 Å². The number of rotatable bonds is 6. The highest BCUT2D eigenvalue weighted by atomic mass is 15.3. The van der Waals surface area contributed by atoms with Gasteiger partial charge in [0, 0.05) is 44.8 Å². The third-order valence-electron chi connectivity index (χ3n) is 6.37. The van der Waals surface area contributed by atoms with Gasteiger partial charge in [0.2, 0.25) is 0 Å². The number of hydrogen-bond acceptors (Lipinski definition) is 3. The molecule has 1 aliphatic heterocycles. The minimum absolute atomic E-state index is 0.343. The Balaban J connectivity index is 1.49. The molecule has 0 aromatic carbocycles. The average molecular weight is 293 g/mol. The molecule has 2 aliphatic carbocycles. The van der Waals surface area contributed by atoms with Gasteiger partial charge in [0.05, 0.1) is 0 Å². The van der Waals surface area contributed by atoms with Crippen LogP contribution in [0.2, 0.25) is 0 Å². The van der Waals surface area contributed by atoms with Gasteiger partial charge in [-0.05, 0) is 50.4 Å². The molecule has 21 heavy (non-hydrogen) atoms. The van der Waals surface area contributed by atoms with Crippen LogP contribution in [0.15, 0.2) is 0 Å². The molecule has 0 unspecified atom stereocenters. The fraction of sp³-hybridized carbons (Fsp3) is 1.00. The lowest BCUT2D eigenvalue weighted by Gasteiger charge is -2.50. The second kappa shape index (κ2) is 6.97. The molecule has 122 valence electrons. The molecule has 0 aromatic rings. The summed E-state index contributed by atoms with van der Waals surface area (Å²) in [6, 6.07) is 0. The van der Waals surface area contributed by atoms with Crippen LogP contribution in [-0.4, -0.2) is 54.6 Å². The van der Waals surface area contributed by atoms with Crippen molar-refractivity contribution in [2.45, 2.75) is 63.8 Å². The quantitative estimate of drug-likeness (QED) is 0.817. The number of nitrogens with zero attached hydrogens (tertiary/aromatic N) is 2. The van der Waals surface area contributed by atoms with Crippen molar-refractivity contribution < 1.29 is 0 Å². The first-order valence-electron chi connectivity index (χ1n) is 9.43. The first-order valence-corrected chi connectivity index (χ1v) is 9.43. The van der Waals surface area contributed by atoms with Gasteiger partial charge in [0.15, 0.2) is 0 Å². The van der Waals surface area contributed by atoms with Crippen LogP contribution in [0.25, 0.3) is 0 Å². The minimum Gasteiger partial charge on any atom is -0.329 e. The molecule has 0 atom stereocenters. The molecule has 1 saturated heterocycles. The summed E-state index contributed by atoms with van der Waals surface area (Å²) in [5.74, 6) is 2.01. The topological polar surface area (TPSA) is 32.5 Å². The summed E-state index contributed by atoms with van der Waals surface area (Å²) in [5, 5.41) is 0. The Morgan fingerprint density at radius 2 is 1.62 bits per heavy atom. The second-order valence-electron chi connectivity index (χ2n) is 7.89. The van der Waals surface area contributed by atoms with E-state index in [-0.39, 0.29) is 0 Å². The van der Waals surface area contributed by atoms with Gasteiger partial charge in [-0.2, -0.15) is 0 Å². The average Bonchev–Trinajstić information content (AvgIpc) is 3.33. The van der Waals surface area contributed by atoms with Gasteiger partial charge < -0.3 is 10.6 Å². The Labute approximate surface area is 131 Å². The molecule has 3 aliphatic rings. The number of piperazine rings is 1. The van der Waals surface area contributed by atoms with E-state index < -0.39 is 0 Å². The zero-order valence-corrected chi connectivity index (χ0v) is 14.0. The molecule has 3 fully saturated rings. The summed E-state index contributed by atoms with van der Waals surface area (Å²) in [5.41, 5.74) is 6.60. The summed E-state index contributed by atoms with van der Waals surface area (Å²) in [4.78, 5) is 5.46. The van der Waals surface area contributed by atoms with E-state index in [1.54, 1.807) is 0 Å². The first-order chi connectivity index (χ1) is 10.3. The summed E-state index contributed by atoms with van der Waals surface area (Å²) < 4.78 is 0. The SMILES string of the molecule is CCCC1CCC(CN)(N2CCN(CC3CC3)CC2)CC1. The Morgan fingerprint density at radius 3 is 2.14 bits per heavy atom. The predicted octanol–water partition coefficient (Wildman–Crippen LogP) is 2.70. The van der Waals surface area contributed by atoms with Crippen LogP contribution in [0.4, 0.5) is 0 Å². The highest BCUT2D eigenvalue weighted by Gasteiger charge is 2.40. The van der Waals surface area contributed by atoms with E-state index in [9.17, 15) is 0 Å². The Kier molecular flexibility index (Phi) is 5.23. The number of nitrogens with two attached hydrogens (primary N) is 1. The van der Waals surface area contributed by atoms with Crippen molar-refractivity contribution in [1.29, 1.82) is 0 Å². The summed E-state index contributed by atoms with van der Waals surface area (Å²) in [6.45, 7) is 9.61. The maximum absolute atomic E-state index is 6.26. The number of hydrogen-bond donors (Lipinski definition) is 1. The summed E-state index contributed by atoms with van der Waals surface area (Å²) in [7, 11) is 0. The Morgan fingerprint density at radius 1 is 0.952 bits per heavy atom. The molecule has 0 bridgehead atoms. The minimum atomic E-state index is 0.343. The summed E-state index contributed by atoms with van der Waals surface area (Å²) >= 11 is 0. The van der Waals surface area contributed by atoms with Crippen molar-refractivity contribution in [3.8, 4) is 0 Å². The van der Waals surface area contributed by atoms with Crippen molar-refractivity contribution in [2.75, 3.05) is 39.3 Å². The van der Waals surface area contributed by atoms with E-state index in [2.05, 4.69) is 16.7 Å². The lowest BCUT2D eigenvalue weighted by Crippen LogP contribution is -2.61. The van der Waals surface area contributed by atoms with Crippen LogP contribution in [-0.2, 0) is 0 Å². The van der Waals surface area contributed by atoms with E-state index in [1.165, 1.54) is 84.1 Å². The third kappa shape index (κ3) is 3.80. The maximum atomic E-state index is 6.26. The van der Waals surface area contributed by atoms with Crippen LogP contribution < -0.4 is 5.73 Å². The molecule has 3 heteroatoms. The zero-order valence-electron chi connectivity index (χ0n) is 14.0. The van der Waals surface area contributed by atoms with Crippen molar-refractivity contribution >= 4 is 0 Å². The molecule has 0 amide bonds. The van der Waals surface area contributed by atoms with Crippen LogP contribution >= 0.6 is 0 Å². The molecule has 1 heterocycles. The summed E-state index contributed by atoms with van der Waals surface area (Å²) in [6.07, 6.45) is 11.2. The second-order valence-corrected chi connectivity index (χ2v) is 7.89. The van der Waals surface area contributed by atoms with E-state index in [0.717, 1.165) is 18.4 Å². The van der Waals surface area contributed by atoms with Gasteiger partial charge in [0.25, 0.3) is 0 Å². The van der Waals surface area contributed by atoms with E-state index in [0.29, 0.717) is 5.54 Å². The smallest absolute Gasteiger partial charge is 0.0333 e. The normalized spacial score (nSPS) is 36.0. The predicted molar refractivity (Wildman–Crippen MR) is 89.4 cm³/mol. The Bertz CT molecular complexity index is 310. The van der Waals surface area contributed by atoms with Gasteiger partial charge in [-0.25, -0.2) is 0 Å². The standard InChI is InChI=1S/C18H35N3/c1-2-3-16-6-8-18(15-19,9-7-16)21-12-10-20(11-13-21)14-17-4-5-17/h16-17H,2-15,19H2,1H3. The lowest BCUT2D eigenvalue weighted by atomic mass is 9.74. The molecule has 0 radical (unpaired) electrons. The molecular weight excluding hydrogens is 258 g/mol. The van der Waals surface area contributed by atoms with Crippen LogP contribution in [0.3, 0.4) is 0 Å². The van der Waals surface area contributed by atoms with Crippen molar-refractivity contribution in [1.82, 2.24) is 9.80 Å². The molecule has 3 nitrogen and oxygen atoms in total. The van der Waals surface area contributed by atoms with Crippen LogP contribution in [0, 0.1) is 11.8 Å². The fourth-order valence-electron chi connectivity index (χ4n) is 4.63. The Hall–Kier alpha value is -0.120. The van der Waals surface area contributed by atoms with Crippen LogP contribution in [0.1, 0.15) is 58.3 Å². The highest BCUT2D eigenvalue weighted by Crippen LogP contribution is 2.38. The lowest BCUT2D eigenvalue weighted by molar-refractivity contribution is 0.00194. The monoisotopic (exact) mass is 293 g/mol. The van der Waals surface area contributed by atoms with Crippen LogP contribution in [0.5, 0.6) is 0 Å². The third-order valence-corrected chi connectivity index (χ3v) is 6.37. The van der Waals surface area contributed by atoms with E-state index in [1.807, 2.05) is 0 Å². The van der Waals surface area contributed by atoms with Gasteiger partial charge in [-0.15, -0.1) is 0 Å². The fourth-order valence-corrected chi connectivity index (χ4v) is 4.63. The van der Waals surface area contributed by atoms with Crippen molar-refractivity contribution in [3.63, 3.8) is 0 Å². The zero-order chi connectivity index (χ0) is 14.7. The largest absolute Gasteiger partial charge is 0.329 e. The van der Waals surface area contributed by atoms with Gasteiger partial charge in [-0.3, -0.25) is 4.90 Å². The highest BCUT2D eigenvalue weighted by molar-refractivity contribution is 4.97. The van der Waals surface area contributed by atoms with Crippen molar-refractivity contribution in [2.24, 2.45) is 17.6 Å². The molecule has 2 saturated carbocycles. The molecular formula is C18H35N3. The molecule has 2 N–H and O–H groups in total. The molecule has 3 rings (SSSR count). The van der Waals surface area contributed by atoms with Crippen molar-refractivity contribution in [3.05, 3.63) is 0 Å². The van der Waals surface area contributed by atoms with Gasteiger partial charge in [-0.1, -0.05) is 19.8 Å². The van der Waals surface area contributed by atoms with E-state index >= 15 is 0 Å². The maximum Gasteiger partial charge on any atom is 0.0333 e. The van der Waals surface area contributed by atoms with Gasteiger partial charge >= 0.3 is 0 Å². The first kappa shape index (κ1) is 15.8.